The highest BCUT2D eigenvalue weighted by molar-refractivity contribution is 5.14. The van der Waals surface area contributed by atoms with Gasteiger partial charge in [-0.25, -0.2) is 0 Å². The third-order valence-electron chi connectivity index (χ3n) is 3.79. The van der Waals surface area contributed by atoms with Crippen LogP contribution in [0.25, 0.3) is 0 Å². The second kappa shape index (κ2) is 8.37. The monoisotopic (exact) mass is 278 g/mol. The van der Waals surface area contributed by atoms with Gasteiger partial charge in [0, 0.05) is 32.3 Å². The fourth-order valence-electron chi connectivity index (χ4n) is 2.56. The summed E-state index contributed by atoms with van der Waals surface area (Å²) in [6.07, 6.45) is 1.02. The van der Waals surface area contributed by atoms with Crippen LogP contribution in [0.4, 0.5) is 0 Å². The second-order valence-corrected chi connectivity index (χ2v) is 5.45. The Kier molecular flexibility index (Phi) is 6.47. The fraction of sp³-hybridized carbons (Fsp3) is 0.625. The number of nitrogens with one attached hydrogen (secondary N) is 1. The largest absolute Gasteiger partial charge is 0.396 e. The Morgan fingerprint density at radius 1 is 1.40 bits per heavy atom. The standard InChI is InChI=1S/C16H26N2O2/c1-14(17-8-5-10-19)16-13-18(9-11-20-16)12-15-6-3-2-4-7-15/h2-4,6-7,14,16-17,19H,5,8-13H2,1H3. The van der Waals surface area contributed by atoms with Gasteiger partial charge in [0.1, 0.15) is 0 Å². The van der Waals surface area contributed by atoms with E-state index in [-0.39, 0.29) is 12.7 Å². The van der Waals surface area contributed by atoms with Gasteiger partial charge in [-0.05, 0) is 25.5 Å². The molecule has 1 saturated heterocycles. The van der Waals surface area contributed by atoms with Crippen molar-refractivity contribution in [3.05, 3.63) is 35.9 Å². The minimum Gasteiger partial charge on any atom is -0.396 e. The molecule has 1 aromatic carbocycles. The molecular weight excluding hydrogens is 252 g/mol. The van der Waals surface area contributed by atoms with Crippen LogP contribution in [0.15, 0.2) is 30.3 Å². The number of benzene rings is 1. The van der Waals surface area contributed by atoms with E-state index in [0.717, 1.165) is 39.2 Å². The summed E-state index contributed by atoms with van der Waals surface area (Å²) in [7, 11) is 0. The van der Waals surface area contributed by atoms with Crippen LogP contribution in [0.5, 0.6) is 0 Å². The highest BCUT2D eigenvalue weighted by Gasteiger charge is 2.24. The smallest absolute Gasteiger partial charge is 0.0852 e. The predicted octanol–water partition coefficient (Wildman–Crippen LogP) is 1.25. The molecule has 0 radical (unpaired) electrons. The SMILES string of the molecule is CC(NCCCO)C1CN(Cc2ccccc2)CCO1. The Hall–Kier alpha value is -0.940. The van der Waals surface area contributed by atoms with E-state index in [1.807, 2.05) is 0 Å². The molecule has 0 amide bonds. The number of morpholine rings is 1. The Bertz CT molecular complexity index is 372. The van der Waals surface area contributed by atoms with Crippen LogP contribution in [0.1, 0.15) is 18.9 Å². The van der Waals surface area contributed by atoms with Crippen LogP contribution in [0.2, 0.25) is 0 Å². The summed E-state index contributed by atoms with van der Waals surface area (Å²) >= 11 is 0. The third-order valence-corrected chi connectivity index (χ3v) is 3.79. The average molecular weight is 278 g/mol. The molecule has 20 heavy (non-hydrogen) atoms. The molecule has 0 saturated carbocycles. The molecule has 0 spiro atoms. The van der Waals surface area contributed by atoms with Crippen LogP contribution >= 0.6 is 0 Å². The molecule has 2 unspecified atom stereocenters. The molecular formula is C16H26N2O2. The zero-order valence-electron chi connectivity index (χ0n) is 12.3. The quantitative estimate of drug-likeness (QED) is 0.737. The molecule has 2 atom stereocenters. The number of aliphatic hydroxyl groups is 1. The van der Waals surface area contributed by atoms with E-state index in [1.165, 1.54) is 5.56 Å². The van der Waals surface area contributed by atoms with Crippen molar-refractivity contribution in [2.45, 2.75) is 32.0 Å². The van der Waals surface area contributed by atoms with E-state index in [1.54, 1.807) is 0 Å². The van der Waals surface area contributed by atoms with Gasteiger partial charge in [0.05, 0.1) is 12.7 Å². The number of aliphatic hydroxyl groups excluding tert-OH is 1. The van der Waals surface area contributed by atoms with Crippen LogP contribution < -0.4 is 5.32 Å². The van der Waals surface area contributed by atoms with E-state index < -0.39 is 0 Å². The summed E-state index contributed by atoms with van der Waals surface area (Å²) in [6.45, 7) is 6.99. The maximum atomic E-state index is 8.82. The van der Waals surface area contributed by atoms with E-state index in [0.29, 0.717) is 6.04 Å². The van der Waals surface area contributed by atoms with Crippen LogP contribution in [0, 0.1) is 0 Å². The lowest BCUT2D eigenvalue weighted by Gasteiger charge is -2.36. The number of hydrogen-bond donors (Lipinski definition) is 2. The molecule has 0 bridgehead atoms. The van der Waals surface area contributed by atoms with Crippen molar-refractivity contribution in [1.82, 2.24) is 10.2 Å². The van der Waals surface area contributed by atoms with Crippen molar-refractivity contribution in [2.75, 3.05) is 32.8 Å². The Morgan fingerprint density at radius 2 is 2.20 bits per heavy atom. The molecule has 2 N–H and O–H groups in total. The molecule has 0 aliphatic carbocycles. The van der Waals surface area contributed by atoms with Crippen molar-refractivity contribution < 1.29 is 9.84 Å². The van der Waals surface area contributed by atoms with Gasteiger partial charge in [0.25, 0.3) is 0 Å². The summed E-state index contributed by atoms with van der Waals surface area (Å²) < 4.78 is 5.87. The maximum absolute atomic E-state index is 8.82. The molecule has 1 aromatic rings. The van der Waals surface area contributed by atoms with Crippen LogP contribution in [-0.4, -0.2) is 55.0 Å². The van der Waals surface area contributed by atoms with Gasteiger partial charge in [-0.2, -0.15) is 0 Å². The van der Waals surface area contributed by atoms with Crippen molar-refractivity contribution in [3.8, 4) is 0 Å². The number of rotatable bonds is 7. The van der Waals surface area contributed by atoms with Gasteiger partial charge in [-0.1, -0.05) is 30.3 Å². The molecule has 1 aliphatic rings. The molecule has 4 nitrogen and oxygen atoms in total. The van der Waals surface area contributed by atoms with Gasteiger partial charge in [-0.15, -0.1) is 0 Å². The molecule has 1 heterocycles. The lowest BCUT2D eigenvalue weighted by Crippen LogP contribution is -2.51. The van der Waals surface area contributed by atoms with Crippen molar-refractivity contribution in [1.29, 1.82) is 0 Å². The summed E-state index contributed by atoms with van der Waals surface area (Å²) in [4.78, 5) is 2.45. The van der Waals surface area contributed by atoms with Gasteiger partial charge in [-0.3, -0.25) is 4.90 Å². The van der Waals surface area contributed by atoms with Gasteiger partial charge in [0.2, 0.25) is 0 Å². The highest BCUT2D eigenvalue weighted by Crippen LogP contribution is 2.12. The summed E-state index contributed by atoms with van der Waals surface area (Å²) in [5.74, 6) is 0. The Balaban J connectivity index is 1.79. The Morgan fingerprint density at radius 3 is 2.95 bits per heavy atom. The molecule has 1 aliphatic heterocycles. The number of ether oxygens (including phenoxy) is 1. The Labute approximate surface area is 121 Å². The first kappa shape index (κ1) is 15.4. The molecule has 0 aromatic heterocycles. The minimum absolute atomic E-state index is 0.228. The van der Waals surface area contributed by atoms with E-state index in [9.17, 15) is 0 Å². The summed E-state index contributed by atoms with van der Waals surface area (Å²) in [6, 6.07) is 10.9. The van der Waals surface area contributed by atoms with Crippen molar-refractivity contribution >= 4 is 0 Å². The fourth-order valence-corrected chi connectivity index (χ4v) is 2.56. The van der Waals surface area contributed by atoms with E-state index >= 15 is 0 Å². The summed E-state index contributed by atoms with van der Waals surface area (Å²) in [5, 5.41) is 12.2. The minimum atomic E-state index is 0.228. The van der Waals surface area contributed by atoms with Crippen LogP contribution in [-0.2, 0) is 11.3 Å². The molecule has 112 valence electrons. The second-order valence-electron chi connectivity index (χ2n) is 5.45. The average Bonchev–Trinajstić information content (AvgIpc) is 2.49. The first-order valence-corrected chi connectivity index (χ1v) is 7.51. The maximum Gasteiger partial charge on any atom is 0.0852 e. The van der Waals surface area contributed by atoms with Crippen molar-refractivity contribution in [3.63, 3.8) is 0 Å². The van der Waals surface area contributed by atoms with Crippen molar-refractivity contribution in [2.24, 2.45) is 0 Å². The lowest BCUT2D eigenvalue weighted by atomic mass is 10.1. The first-order valence-electron chi connectivity index (χ1n) is 7.51. The predicted molar refractivity (Wildman–Crippen MR) is 80.6 cm³/mol. The van der Waals surface area contributed by atoms with E-state index in [2.05, 4.69) is 47.5 Å². The highest BCUT2D eigenvalue weighted by atomic mass is 16.5. The number of hydrogen-bond acceptors (Lipinski definition) is 4. The lowest BCUT2D eigenvalue weighted by molar-refractivity contribution is -0.0461. The normalized spacial score (nSPS) is 21.8. The van der Waals surface area contributed by atoms with Crippen LogP contribution in [0.3, 0.4) is 0 Å². The zero-order chi connectivity index (χ0) is 14.2. The topological polar surface area (TPSA) is 44.7 Å². The summed E-state index contributed by atoms with van der Waals surface area (Å²) in [5.41, 5.74) is 1.36. The van der Waals surface area contributed by atoms with Gasteiger partial charge in [0.15, 0.2) is 0 Å². The molecule has 2 rings (SSSR count). The van der Waals surface area contributed by atoms with Gasteiger partial charge < -0.3 is 15.2 Å². The van der Waals surface area contributed by atoms with E-state index in [4.69, 9.17) is 9.84 Å². The van der Waals surface area contributed by atoms with Gasteiger partial charge >= 0.3 is 0 Å². The molecule has 4 heteroatoms. The molecule has 1 fully saturated rings. The number of nitrogens with zero attached hydrogens (tertiary/aromatic N) is 1. The zero-order valence-corrected chi connectivity index (χ0v) is 12.3. The third kappa shape index (κ3) is 4.87. The first-order chi connectivity index (χ1) is 9.79.